The summed E-state index contributed by atoms with van der Waals surface area (Å²) in [4.78, 5) is 0. The molecule has 4 rings (SSSR count). The number of benzene rings is 1. The molecule has 0 saturated carbocycles. The van der Waals surface area contributed by atoms with E-state index in [9.17, 15) is 0 Å². The maximum absolute atomic E-state index is 4.34. The second-order valence-corrected chi connectivity index (χ2v) is 5.86. The highest BCUT2D eigenvalue weighted by molar-refractivity contribution is 5.40. The zero-order chi connectivity index (χ0) is 15.5. The SMILES string of the molecule is c1ccc(-n2cccn2)c(CNC[C@H]2CNc3ccnn3C2)c1. The van der Waals surface area contributed by atoms with Crippen molar-refractivity contribution in [3.8, 4) is 5.69 Å². The average Bonchev–Trinajstić information content (AvgIpc) is 3.26. The summed E-state index contributed by atoms with van der Waals surface area (Å²) in [6.07, 6.45) is 5.63. The fourth-order valence-electron chi connectivity index (χ4n) is 3.03. The number of hydrogen-bond acceptors (Lipinski definition) is 4. The summed E-state index contributed by atoms with van der Waals surface area (Å²) in [5.41, 5.74) is 2.38. The molecule has 2 N–H and O–H groups in total. The van der Waals surface area contributed by atoms with Crippen LogP contribution < -0.4 is 10.6 Å². The van der Waals surface area contributed by atoms with E-state index in [1.807, 2.05) is 40.0 Å². The number of para-hydroxylation sites is 1. The van der Waals surface area contributed by atoms with Gasteiger partial charge in [-0.3, -0.25) is 0 Å². The first-order chi connectivity index (χ1) is 11.4. The molecule has 2 aromatic heterocycles. The summed E-state index contributed by atoms with van der Waals surface area (Å²) in [5, 5.41) is 15.7. The molecule has 118 valence electrons. The van der Waals surface area contributed by atoms with Gasteiger partial charge in [0.05, 0.1) is 11.9 Å². The summed E-state index contributed by atoms with van der Waals surface area (Å²) in [6.45, 7) is 3.74. The molecule has 0 fully saturated rings. The number of hydrogen-bond donors (Lipinski definition) is 2. The monoisotopic (exact) mass is 308 g/mol. The van der Waals surface area contributed by atoms with Crippen LogP contribution in [0.1, 0.15) is 5.56 Å². The molecule has 0 unspecified atom stereocenters. The fraction of sp³-hybridized carbons (Fsp3) is 0.294. The molecule has 0 bridgehead atoms. The van der Waals surface area contributed by atoms with Gasteiger partial charge in [-0.05, 0) is 17.7 Å². The van der Waals surface area contributed by atoms with E-state index in [-0.39, 0.29) is 0 Å². The minimum Gasteiger partial charge on any atom is -0.370 e. The van der Waals surface area contributed by atoms with Crippen LogP contribution >= 0.6 is 0 Å². The van der Waals surface area contributed by atoms with Crippen molar-refractivity contribution in [2.24, 2.45) is 5.92 Å². The molecule has 6 heteroatoms. The fourth-order valence-corrected chi connectivity index (χ4v) is 3.03. The van der Waals surface area contributed by atoms with Gasteiger partial charge in [-0.2, -0.15) is 10.2 Å². The van der Waals surface area contributed by atoms with E-state index in [4.69, 9.17) is 0 Å². The second-order valence-electron chi connectivity index (χ2n) is 5.86. The van der Waals surface area contributed by atoms with Crippen LogP contribution in [0.25, 0.3) is 5.69 Å². The smallest absolute Gasteiger partial charge is 0.124 e. The van der Waals surface area contributed by atoms with Gasteiger partial charge >= 0.3 is 0 Å². The molecule has 23 heavy (non-hydrogen) atoms. The van der Waals surface area contributed by atoms with E-state index in [2.05, 4.69) is 39.0 Å². The van der Waals surface area contributed by atoms with Gasteiger partial charge in [0.25, 0.3) is 0 Å². The van der Waals surface area contributed by atoms with Crippen LogP contribution in [0.5, 0.6) is 0 Å². The van der Waals surface area contributed by atoms with E-state index in [0.717, 1.165) is 37.7 Å². The maximum atomic E-state index is 4.34. The zero-order valence-corrected chi connectivity index (χ0v) is 12.9. The lowest BCUT2D eigenvalue weighted by atomic mass is 10.1. The van der Waals surface area contributed by atoms with Crippen molar-refractivity contribution < 1.29 is 0 Å². The topological polar surface area (TPSA) is 59.7 Å². The first kappa shape index (κ1) is 14.0. The van der Waals surface area contributed by atoms with Crippen molar-refractivity contribution in [2.45, 2.75) is 13.1 Å². The Morgan fingerprint density at radius 1 is 1.13 bits per heavy atom. The molecular formula is C17H20N6. The molecule has 0 amide bonds. The number of rotatable bonds is 5. The molecule has 0 spiro atoms. The predicted octanol–water partition coefficient (Wildman–Crippen LogP) is 1.90. The van der Waals surface area contributed by atoms with Gasteiger partial charge in [-0.1, -0.05) is 18.2 Å². The Kier molecular flexibility index (Phi) is 3.81. The summed E-state index contributed by atoms with van der Waals surface area (Å²) >= 11 is 0. The molecule has 1 aliphatic heterocycles. The highest BCUT2D eigenvalue weighted by Crippen LogP contribution is 2.16. The summed E-state index contributed by atoms with van der Waals surface area (Å²) in [6, 6.07) is 12.3. The number of aromatic nitrogens is 4. The van der Waals surface area contributed by atoms with Crippen molar-refractivity contribution in [2.75, 3.05) is 18.4 Å². The largest absolute Gasteiger partial charge is 0.370 e. The third-order valence-electron chi connectivity index (χ3n) is 4.21. The predicted molar refractivity (Wildman–Crippen MR) is 89.5 cm³/mol. The number of nitrogens with one attached hydrogen (secondary N) is 2. The Labute approximate surface area is 135 Å². The van der Waals surface area contributed by atoms with Gasteiger partial charge in [0.2, 0.25) is 0 Å². The average molecular weight is 308 g/mol. The third-order valence-corrected chi connectivity index (χ3v) is 4.21. The standard InChI is InChI=1S/C17H20N6/c1-2-5-16(22-9-3-7-20-22)15(4-1)12-18-10-14-11-19-17-6-8-21-23(17)13-14/h1-9,14,18-19H,10-13H2/t14-/m0/s1. The van der Waals surface area contributed by atoms with Crippen molar-refractivity contribution in [3.63, 3.8) is 0 Å². The lowest BCUT2D eigenvalue weighted by Crippen LogP contribution is -2.35. The van der Waals surface area contributed by atoms with Crippen LogP contribution in [0.3, 0.4) is 0 Å². The van der Waals surface area contributed by atoms with E-state index >= 15 is 0 Å². The zero-order valence-electron chi connectivity index (χ0n) is 12.9. The Bertz CT molecular complexity index is 761. The van der Waals surface area contributed by atoms with Gasteiger partial charge < -0.3 is 10.6 Å². The molecule has 1 aromatic carbocycles. The van der Waals surface area contributed by atoms with E-state index in [0.29, 0.717) is 5.92 Å². The maximum Gasteiger partial charge on any atom is 0.124 e. The number of fused-ring (bicyclic) bond motifs is 1. The van der Waals surface area contributed by atoms with Crippen LogP contribution in [0.2, 0.25) is 0 Å². The summed E-state index contributed by atoms with van der Waals surface area (Å²) in [7, 11) is 0. The molecule has 0 radical (unpaired) electrons. The highest BCUT2D eigenvalue weighted by atomic mass is 15.3. The molecule has 6 nitrogen and oxygen atoms in total. The van der Waals surface area contributed by atoms with E-state index in [1.54, 1.807) is 6.20 Å². The first-order valence-electron chi connectivity index (χ1n) is 7.94. The quantitative estimate of drug-likeness (QED) is 0.756. The van der Waals surface area contributed by atoms with Crippen LogP contribution in [0.4, 0.5) is 5.82 Å². The molecule has 3 aromatic rings. The number of nitrogens with zero attached hydrogens (tertiary/aromatic N) is 4. The Morgan fingerprint density at radius 3 is 3.00 bits per heavy atom. The van der Waals surface area contributed by atoms with Gasteiger partial charge in [0.1, 0.15) is 5.82 Å². The van der Waals surface area contributed by atoms with Crippen molar-refractivity contribution >= 4 is 5.82 Å². The summed E-state index contributed by atoms with van der Waals surface area (Å²) in [5.74, 6) is 1.66. The second kappa shape index (κ2) is 6.26. The lowest BCUT2D eigenvalue weighted by molar-refractivity contribution is 0.391. The highest BCUT2D eigenvalue weighted by Gasteiger charge is 2.17. The van der Waals surface area contributed by atoms with E-state index in [1.165, 1.54) is 5.56 Å². The molecule has 0 aliphatic carbocycles. The Hall–Kier alpha value is -2.60. The van der Waals surface area contributed by atoms with Gasteiger partial charge in [-0.25, -0.2) is 9.36 Å². The Morgan fingerprint density at radius 2 is 2.09 bits per heavy atom. The lowest BCUT2D eigenvalue weighted by Gasteiger charge is -2.25. The van der Waals surface area contributed by atoms with Crippen LogP contribution in [-0.2, 0) is 13.1 Å². The molecule has 1 atom stereocenters. The van der Waals surface area contributed by atoms with Crippen molar-refractivity contribution in [1.82, 2.24) is 24.9 Å². The molecule has 3 heterocycles. The number of anilines is 1. The van der Waals surface area contributed by atoms with Crippen LogP contribution in [-0.4, -0.2) is 32.7 Å². The first-order valence-corrected chi connectivity index (χ1v) is 7.94. The van der Waals surface area contributed by atoms with Gasteiger partial charge in [-0.15, -0.1) is 0 Å². The van der Waals surface area contributed by atoms with Gasteiger partial charge in [0.15, 0.2) is 0 Å². The Balaban J connectivity index is 1.37. The third kappa shape index (κ3) is 2.98. The van der Waals surface area contributed by atoms with Crippen molar-refractivity contribution in [1.29, 1.82) is 0 Å². The van der Waals surface area contributed by atoms with Crippen LogP contribution in [0, 0.1) is 5.92 Å². The normalized spacial score (nSPS) is 16.8. The van der Waals surface area contributed by atoms with Gasteiger partial charge in [0, 0.05) is 50.6 Å². The molecule has 0 saturated heterocycles. The van der Waals surface area contributed by atoms with Crippen molar-refractivity contribution in [3.05, 3.63) is 60.6 Å². The minimum absolute atomic E-state index is 0.541. The van der Waals surface area contributed by atoms with E-state index < -0.39 is 0 Å². The molecule has 1 aliphatic rings. The van der Waals surface area contributed by atoms with Crippen LogP contribution in [0.15, 0.2) is 55.0 Å². The molecular weight excluding hydrogens is 288 g/mol. The minimum atomic E-state index is 0.541. The summed E-state index contributed by atoms with van der Waals surface area (Å²) < 4.78 is 3.95.